The number of hydrogen-bond donors (Lipinski definition) is 7. The largest absolute Gasteiger partial charge is 0.481 e. The summed E-state index contributed by atoms with van der Waals surface area (Å²) < 4.78 is 5.81. The van der Waals surface area contributed by atoms with E-state index >= 15 is 0 Å². The number of aryl methyl sites for hydroxylation is 1. The molecule has 312 valence electrons. The number of nitrogens with one attached hydrogen (secondary N) is 5. The van der Waals surface area contributed by atoms with Crippen LogP contribution in [-0.2, 0) is 35.2 Å². The van der Waals surface area contributed by atoms with Gasteiger partial charge in [0.1, 0.15) is 23.1 Å². The van der Waals surface area contributed by atoms with Gasteiger partial charge in [-0.1, -0.05) is 49.6 Å². The van der Waals surface area contributed by atoms with E-state index in [4.69, 9.17) is 10.2 Å². The summed E-state index contributed by atoms with van der Waals surface area (Å²) in [5.41, 5.74) is 9.00. The van der Waals surface area contributed by atoms with Crippen molar-refractivity contribution in [1.82, 2.24) is 31.2 Å². The zero-order chi connectivity index (χ0) is 42.2. The van der Waals surface area contributed by atoms with Crippen molar-refractivity contribution in [3.63, 3.8) is 0 Å². The first kappa shape index (κ1) is 43.5. The normalized spacial score (nSPS) is 14.5. The summed E-state index contributed by atoms with van der Waals surface area (Å²) in [6, 6.07) is 14.4. The van der Waals surface area contributed by atoms with Gasteiger partial charge in [0.2, 0.25) is 29.5 Å². The Morgan fingerprint density at radius 2 is 1.64 bits per heavy atom. The van der Waals surface area contributed by atoms with Gasteiger partial charge in [-0.05, 0) is 98.9 Å². The second kappa shape index (κ2) is 21.3. The molecule has 0 aliphatic heterocycles. The number of benzene rings is 2. The van der Waals surface area contributed by atoms with E-state index in [0.717, 1.165) is 23.1 Å². The molecular formula is C43H52N8O8. The lowest BCUT2D eigenvalue weighted by Gasteiger charge is -2.36. The smallest absolute Gasteiger partial charge is 0.303 e. The van der Waals surface area contributed by atoms with Crippen molar-refractivity contribution in [1.29, 1.82) is 0 Å². The summed E-state index contributed by atoms with van der Waals surface area (Å²) in [5.74, 6) is -3.79. The van der Waals surface area contributed by atoms with Gasteiger partial charge in [-0.15, -0.1) is 0 Å². The van der Waals surface area contributed by atoms with E-state index < -0.39 is 47.2 Å². The molecule has 1 aliphatic rings. The van der Waals surface area contributed by atoms with Crippen LogP contribution in [0.5, 0.6) is 0 Å². The first-order valence-corrected chi connectivity index (χ1v) is 19.9. The van der Waals surface area contributed by atoms with E-state index in [-0.39, 0.29) is 38.0 Å². The third-order valence-corrected chi connectivity index (χ3v) is 10.2. The van der Waals surface area contributed by atoms with E-state index in [1.165, 1.54) is 6.08 Å². The lowest BCUT2D eigenvalue weighted by atomic mass is 9.80. The molecule has 0 unspecified atom stereocenters. The minimum Gasteiger partial charge on any atom is -0.481 e. The number of primary amides is 1. The topological polar surface area (TPSA) is 248 Å². The number of amides is 5. The van der Waals surface area contributed by atoms with Gasteiger partial charge in [0.05, 0.1) is 6.42 Å². The highest BCUT2D eigenvalue weighted by Gasteiger charge is 2.41. The lowest BCUT2D eigenvalue weighted by molar-refractivity contribution is -0.138. The van der Waals surface area contributed by atoms with Crippen LogP contribution in [0.1, 0.15) is 87.3 Å². The van der Waals surface area contributed by atoms with Gasteiger partial charge in [-0.25, -0.2) is 0 Å². The van der Waals surface area contributed by atoms with Crippen molar-refractivity contribution < 1.29 is 38.3 Å². The molecule has 1 fully saturated rings. The quantitative estimate of drug-likeness (QED) is 0.0461. The van der Waals surface area contributed by atoms with Crippen LogP contribution in [0.2, 0.25) is 0 Å². The number of carboxylic acid groups (broad SMARTS) is 1. The average Bonchev–Trinajstić information content (AvgIpc) is 3.64. The first-order valence-electron chi connectivity index (χ1n) is 19.9. The molecule has 59 heavy (non-hydrogen) atoms. The van der Waals surface area contributed by atoms with Gasteiger partial charge in [0.15, 0.2) is 5.58 Å². The molecular weight excluding hydrogens is 757 g/mol. The van der Waals surface area contributed by atoms with Gasteiger partial charge in [-0.2, -0.15) is 4.98 Å². The number of unbranched alkanes of at least 4 members (excludes halogenated alkanes) is 1. The fraction of sp³-hybridized carbons (Fsp3) is 0.395. The Morgan fingerprint density at radius 1 is 0.898 bits per heavy atom. The maximum atomic E-state index is 13.9. The predicted octanol–water partition coefficient (Wildman–Crippen LogP) is 4.35. The number of carbonyl (C=O) groups excluding carboxylic acids is 5. The summed E-state index contributed by atoms with van der Waals surface area (Å²) in [5, 5.41) is 23.5. The van der Waals surface area contributed by atoms with Crippen LogP contribution < -0.4 is 32.3 Å². The van der Waals surface area contributed by atoms with Crippen molar-refractivity contribution >= 4 is 64.4 Å². The minimum atomic E-state index is -1.27. The van der Waals surface area contributed by atoms with Crippen LogP contribution in [0, 0.1) is 6.92 Å². The third kappa shape index (κ3) is 13.2. The van der Waals surface area contributed by atoms with Crippen LogP contribution >= 0.6 is 0 Å². The number of rotatable bonds is 21. The van der Waals surface area contributed by atoms with Crippen molar-refractivity contribution in [3.05, 3.63) is 89.8 Å². The molecule has 2 atom stereocenters. The molecule has 0 saturated heterocycles. The highest BCUT2D eigenvalue weighted by molar-refractivity contribution is 5.96. The molecule has 0 radical (unpaired) electrons. The highest BCUT2D eigenvalue weighted by atomic mass is 16.4. The van der Waals surface area contributed by atoms with Gasteiger partial charge in [0.25, 0.3) is 6.01 Å². The summed E-state index contributed by atoms with van der Waals surface area (Å²) >= 11 is 0. The Bertz CT molecular complexity index is 2110. The number of nitrogens with two attached hydrogens (primary N) is 1. The Balaban J connectivity index is 1.23. The summed E-state index contributed by atoms with van der Waals surface area (Å²) in [6.07, 6.45) is 10.1. The van der Waals surface area contributed by atoms with E-state index in [9.17, 15) is 33.9 Å². The number of aliphatic carboxylic acids is 1. The number of anilines is 2. The molecule has 4 aromatic rings. The van der Waals surface area contributed by atoms with Crippen molar-refractivity contribution in [2.45, 2.75) is 102 Å². The zero-order valence-corrected chi connectivity index (χ0v) is 33.1. The number of nitrogens with zero attached hydrogens (tertiary/aromatic N) is 2. The monoisotopic (exact) mass is 808 g/mol. The fourth-order valence-corrected chi connectivity index (χ4v) is 6.97. The van der Waals surface area contributed by atoms with E-state index in [2.05, 4.69) is 36.6 Å². The molecule has 2 aromatic carbocycles. The van der Waals surface area contributed by atoms with Crippen LogP contribution in [0.4, 0.5) is 11.7 Å². The lowest BCUT2D eigenvalue weighted by Crippen LogP contribution is -2.62. The Hall–Kier alpha value is -6.58. The summed E-state index contributed by atoms with van der Waals surface area (Å²) in [4.78, 5) is 85.9. The van der Waals surface area contributed by atoms with Crippen molar-refractivity contribution in [2.75, 3.05) is 11.9 Å². The highest BCUT2D eigenvalue weighted by Crippen LogP contribution is 2.28. The average molecular weight is 809 g/mol. The SMILES string of the molecule is Cc1cccc2oc(Nc3ccc(CC(=O)N[C@@H](CCCCNC(=O)/C=C/c4cccnc4)C(=O)N[C@@H](CCCC(=O)O)C(=O)NC4(C(N)=O)CCCCC4)cc3)nc12. The zero-order valence-electron chi connectivity index (χ0n) is 33.1. The fourth-order valence-electron chi connectivity index (χ4n) is 6.97. The predicted molar refractivity (Wildman–Crippen MR) is 221 cm³/mol. The maximum absolute atomic E-state index is 13.9. The Kier molecular flexibility index (Phi) is 15.7. The summed E-state index contributed by atoms with van der Waals surface area (Å²) in [7, 11) is 0. The number of pyridine rings is 1. The molecule has 0 bridgehead atoms. The minimum absolute atomic E-state index is 0.0263. The maximum Gasteiger partial charge on any atom is 0.303 e. The van der Waals surface area contributed by atoms with Crippen LogP contribution in [0.15, 0.2) is 77.5 Å². The van der Waals surface area contributed by atoms with Gasteiger partial charge in [-0.3, -0.25) is 33.8 Å². The third-order valence-electron chi connectivity index (χ3n) is 10.2. The van der Waals surface area contributed by atoms with Crippen molar-refractivity contribution in [3.8, 4) is 0 Å². The second-order valence-corrected chi connectivity index (χ2v) is 14.8. The number of para-hydroxylation sites is 1. The van der Waals surface area contributed by atoms with Gasteiger partial charge >= 0.3 is 5.97 Å². The second-order valence-electron chi connectivity index (χ2n) is 14.8. The molecule has 2 heterocycles. The molecule has 5 rings (SSSR count). The number of hydrogen-bond acceptors (Lipinski definition) is 10. The molecule has 1 aliphatic carbocycles. The first-order chi connectivity index (χ1) is 28.4. The number of carbonyl (C=O) groups is 6. The molecule has 5 amide bonds. The number of oxazole rings is 1. The van der Waals surface area contributed by atoms with Crippen molar-refractivity contribution in [2.24, 2.45) is 5.73 Å². The number of carboxylic acids is 1. The standard InChI is InChI=1S/C43H52N8O8/c1-28-10-7-14-34-38(28)50-42(59-34)47-31-19-16-29(17-20-31)26-36(53)48-32(12-3-6-25-46-35(52)21-18-30-11-9-24-45-27-30)39(56)49-33(13-8-15-37(54)55)40(57)51-43(41(44)58)22-4-2-5-23-43/h7,9-11,14,16-21,24,27,32-33H,2-6,8,12-13,15,22-23,25-26H2,1H3,(H2,44,58)(H,46,52)(H,47,50)(H,48,53)(H,49,56)(H,51,57)(H,54,55)/b21-18+/t32-,33-/m0/s1. The van der Waals surface area contributed by atoms with Gasteiger partial charge in [0, 0.05) is 37.1 Å². The Labute approximate surface area is 342 Å². The van der Waals surface area contributed by atoms with Gasteiger partial charge < -0.3 is 41.8 Å². The molecule has 8 N–H and O–H groups in total. The Morgan fingerprint density at radius 3 is 2.34 bits per heavy atom. The summed E-state index contributed by atoms with van der Waals surface area (Å²) in [6.45, 7) is 2.25. The van der Waals surface area contributed by atoms with E-state index in [0.29, 0.717) is 67.9 Å². The molecule has 16 heteroatoms. The van der Waals surface area contributed by atoms with Crippen LogP contribution in [0.3, 0.4) is 0 Å². The van der Waals surface area contributed by atoms with E-state index in [1.54, 1.807) is 48.8 Å². The molecule has 0 spiro atoms. The number of aromatic nitrogens is 2. The van der Waals surface area contributed by atoms with E-state index in [1.807, 2.05) is 31.2 Å². The van der Waals surface area contributed by atoms with Crippen LogP contribution in [-0.4, -0.2) is 74.7 Å². The molecule has 2 aromatic heterocycles. The molecule has 16 nitrogen and oxygen atoms in total. The number of fused-ring (bicyclic) bond motifs is 1. The van der Waals surface area contributed by atoms with Crippen LogP contribution in [0.25, 0.3) is 17.2 Å². The molecule has 1 saturated carbocycles.